The predicted octanol–water partition coefficient (Wildman–Crippen LogP) is 1.77. The van der Waals surface area contributed by atoms with Crippen LogP contribution in [0.2, 0.25) is 0 Å². The van der Waals surface area contributed by atoms with Gasteiger partial charge in [0.05, 0.1) is 0 Å². The van der Waals surface area contributed by atoms with Gasteiger partial charge >= 0.3 is 0 Å². The SMILES string of the molecule is Cc1noc([C@H](C)NC(=O)COc2ccc(F)cc2)n1. The molecule has 1 aromatic carbocycles. The molecule has 1 atom stereocenters. The number of aromatic nitrogens is 2. The Hall–Kier alpha value is -2.44. The van der Waals surface area contributed by atoms with Crippen molar-refractivity contribution in [2.24, 2.45) is 0 Å². The molecule has 0 spiro atoms. The van der Waals surface area contributed by atoms with Gasteiger partial charge in [0.1, 0.15) is 17.6 Å². The Morgan fingerprint density at radius 2 is 2.15 bits per heavy atom. The molecule has 0 aliphatic carbocycles. The molecule has 0 saturated heterocycles. The predicted molar refractivity (Wildman–Crippen MR) is 67.5 cm³/mol. The third-order valence-corrected chi connectivity index (χ3v) is 2.47. The van der Waals surface area contributed by atoms with Crippen molar-refractivity contribution in [2.45, 2.75) is 19.9 Å². The zero-order valence-corrected chi connectivity index (χ0v) is 11.1. The minimum absolute atomic E-state index is 0.177. The number of aryl methyl sites for hydroxylation is 1. The summed E-state index contributed by atoms with van der Waals surface area (Å²) in [7, 11) is 0. The molecule has 1 N–H and O–H groups in total. The number of nitrogens with zero attached hydrogens (tertiary/aromatic N) is 2. The first-order valence-corrected chi connectivity index (χ1v) is 6.02. The Balaban J connectivity index is 1.82. The Kier molecular flexibility index (Phi) is 4.29. The maximum Gasteiger partial charge on any atom is 0.258 e. The number of carbonyl (C=O) groups is 1. The smallest absolute Gasteiger partial charge is 0.258 e. The zero-order valence-electron chi connectivity index (χ0n) is 11.1. The van der Waals surface area contributed by atoms with Crippen LogP contribution in [-0.2, 0) is 4.79 Å². The molecule has 0 fully saturated rings. The van der Waals surface area contributed by atoms with Crippen LogP contribution >= 0.6 is 0 Å². The van der Waals surface area contributed by atoms with Crippen LogP contribution in [0.1, 0.15) is 24.7 Å². The topological polar surface area (TPSA) is 77.2 Å². The average Bonchev–Trinajstić information content (AvgIpc) is 2.85. The monoisotopic (exact) mass is 279 g/mol. The fourth-order valence-electron chi connectivity index (χ4n) is 1.51. The molecule has 2 rings (SSSR count). The molecule has 2 aromatic rings. The van der Waals surface area contributed by atoms with E-state index in [1.165, 1.54) is 24.3 Å². The first kappa shape index (κ1) is 14.0. The van der Waals surface area contributed by atoms with Crippen molar-refractivity contribution in [3.05, 3.63) is 41.8 Å². The summed E-state index contributed by atoms with van der Waals surface area (Å²) in [4.78, 5) is 15.7. The number of nitrogens with one attached hydrogen (secondary N) is 1. The molecule has 0 radical (unpaired) electrons. The summed E-state index contributed by atoms with van der Waals surface area (Å²) in [5.41, 5.74) is 0. The number of rotatable bonds is 5. The second-order valence-electron chi connectivity index (χ2n) is 4.21. The van der Waals surface area contributed by atoms with E-state index in [0.29, 0.717) is 17.5 Å². The lowest BCUT2D eigenvalue weighted by atomic mass is 10.3. The van der Waals surface area contributed by atoms with E-state index >= 15 is 0 Å². The minimum Gasteiger partial charge on any atom is -0.484 e. The quantitative estimate of drug-likeness (QED) is 0.902. The highest BCUT2D eigenvalue weighted by atomic mass is 19.1. The van der Waals surface area contributed by atoms with E-state index in [4.69, 9.17) is 9.26 Å². The van der Waals surface area contributed by atoms with Gasteiger partial charge in [-0.2, -0.15) is 4.98 Å². The van der Waals surface area contributed by atoms with Crippen molar-refractivity contribution in [1.29, 1.82) is 0 Å². The lowest BCUT2D eigenvalue weighted by Gasteiger charge is -2.10. The van der Waals surface area contributed by atoms with Crippen LogP contribution in [0.3, 0.4) is 0 Å². The average molecular weight is 279 g/mol. The van der Waals surface area contributed by atoms with E-state index in [1.54, 1.807) is 13.8 Å². The highest BCUT2D eigenvalue weighted by Crippen LogP contribution is 2.11. The van der Waals surface area contributed by atoms with Crippen molar-refractivity contribution < 1.29 is 18.4 Å². The summed E-state index contributed by atoms with van der Waals surface area (Å²) in [6, 6.07) is 5.02. The van der Waals surface area contributed by atoms with E-state index in [1.807, 2.05) is 0 Å². The highest BCUT2D eigenvalue weighted by molar-refractivity contribution is 5.77. The van der Waals surface area contributed by atoms with Gasteiger partial charge in [-0.3, -0.25) is 4.79 Å². The fourth-order valence-corrected chi connectivity index (χ4v) is 1.51. The lowest BCUT2D eigenvalue weighted by Crippen LogP contribution is -2.31. The summed E-state index contributed by atoms with van der Waals surface area (Å²) in [6.07, 6.45) is 0. The fraction of sp³-hybridized carbons (Fsp3) is 0.308. The molecule has 7 heteroatoms. The third-order valence-electron chi connectivity index (χ3n) is 2.47. The third kappa shape index (κ3) is 3.78. The van der Waals surface area contributed by atoms with Gasteiger partial charge < -0.3 is 14.6 Å². The molecule has 0 unspecified atom stereocenters. The largest absolute Gasteiger partial charge is 0.484 e. The van der Waals surface area contributed by atoms with Gasteiger partial charge in [-0.25, -0.2) is 4.39 Å². The van der Waals surface area contributed by atoms with E-state index in [0.717, 1.165) is 0 Å². The first-order chi connectivity index (χ1) is 9.54. The van der Waals surface area contributed by atoms with E-state index in [-0.39, 0.29) is 18.3 Å². The summed E-state index contributed by atoms with van der Waals surface area (Å²) in [6.45, 7) is 3.24. The number of hydrogen-bond donors (Lipinski definition) is 1. The number of carbonyl (C=O) groups excluding carboxylic acids is 1. The summed E-state index contributed by atoms with van der Waals surface area (Å²) in [5.74, 6) is 0.559. The number of amides is 1. The lowest BCUT2D eigenvalue weighted by molar-refractivity contribution is -0.123. The maximum atomic E-state index is 12.7. The molecule has 1 amide bonds. The van der Waals surface area contributed by atoms with Crippen LogP contribution in [-0.4, -0.2) is 22.7 Å². The molecule has 0 saturated carbocycles. The van der Waals surface area contributed by atoms with Gasteiger partial charge in [-0.1, -0.05) is 5.16 Å². The molecule has 1 aromatic heterocycles. The molecule has 0 aliphatic heterocycles. The van der Waals surface area contributed by atoms with Crippen molar-refractivity contribution >= 4 is 5.91 Å². The first-order valence-electron chi connectivity index (χ1n) is 6.02. The van der Waals surface area contributed by atoms with Crippen LogP contribution in [0.25, 0.3) is 0 Å². The molecule has 20 heavy (non-hydrogen) atoms. The van der Waals surface area contributed by atoms with Gasteiger partial charge in [0.2, 0.25) is 5.89 Å². The molecule has 6 nitrogen and oxygen atoms in total. The van der Waals surface area contributed by atoms with Crippen LogP contribution in [0.4, 0.5) is 4.39 Å². The van der Waals surface area contributed by atoms with Gasteiger partial charge in [0.15, 0.2) is 12.4 Å². The minimum atomic E-state index is -0.402. The molecule has 0 aliphatic rings. The number of benzene rings is 1. The molecule has 106 valence electrons. The second kappa shape index (κ2) is 6.14. The molecule has 0 bridgehead atoms. The van der Waals surface area contributed by atoms with Crippen LogP contribution < -0.4 is 10.1 Å². The normalized spacial score (nSPS) is 11.9. The van der Waals surface area contributed by atoms with E-state index in [2.05, 4.69) is 15.5 Å². The standard InChI is InChI=1S/C13H14FN3O3/c1-8(13-16-9(2)17-20-13)15-12(18)7-19-11-5-3-10(14)4-6-11/h3-6,8H,7H2,1-2H3,(H,15,18)/t8-/m0/s1. The molecular formula is C13H14FN3O3. The van der Waals surface area contributed by atoms with E-state index in [9.17, 15) is 9.18 Å². The van der Waals surface area contributed by atoms with Crippen molar-refractivity contribution in [1.82, 2.24) is 15.5 Å². The Bertz CT molecular complexity index is 583. The van der Waals surface area contributed by atoms with Crippen LogP contribution in [0.5, 0.6) is 5.75 Å². The Labute approximate surface area is 114 Å². The number of halogens is 1. The number of ether oxygens (including phenoxy) is 1. The molecule has 1 heterocycles. The Morgan fingerprint density at radius 3 is 2.75 bits per heavy atom. The zero-order chi connectivity index (χ0) is 14.5. The summed E-state index contributed by atoms with van der Waals surface area (Å²) < 4.78 is 22.9. The molecular weight excluding hydrogens is 265 g/mol. The van der Waals surface area contributed by atoms with Gasteiger partial charge in [-0.15, -0.1) is 0 Å². The van der Waals surface area contributed by atoms with Crippen LogP contribution in [0, 0.1) is 12.7 Å². The number of hydrogen-bond acceptors (Lipinski definition) is 5. The second-order valence-corrected chi connectivity index (χ2v) is 4.21. The van der Waals surface area contributed by atoms with E-state index < -0.39 is 6.04 Å². The van der Waals surface area contributed by atoms with Crippen molar-refractivity contribution in [3.8, 4) is 5.75 Å². The Morgan fingerprint density at radius 1 is 1.45 bits per heavy atom. The summed E-state index contributed by atoms with van der Waals surface area (Å²) in [5, 5.41) is 6.30. The highest BCUT2D eigenvalue weighted by Gasteiger charge is 2.15. The van der Waals surface area contributed by atoms with Crippen molar-refractivity contribution in [3.63, 3.8) is 0 Å². The van der Waals surface area contributed by atoms with Gasteiger partial charge in [0, 0.05) is 0 Å². The van der Waals surface area contributed by atoms with Gasteiger partial charge in [0.25, 0.3) is 5.91 Å². The van der Waals surface area contributed by atoms with Gasteiger partial charge in [-0.05, 0) is 38.1 Å². The van der Waals surface area contributed by atoms with Crippen molar-refractivity contribution in [2.75, 3.05) is 6.61 Å². The van der Waals surface area contributed by atoms with Crippen LogP contribution in [0.15, 0.2) is 28.8 Å². The summed E-state index contributed by atoms with van der Waals surface area (Å²) >= 11 is 0. The maximum absolute atomic E-state index is 12.7.